The average Bonchev–Trinajstić information content (AvgIpc) is 3.20. The van der Waals surface area contributed by atoms with Crippen LogP contribution in [0.5, 0.6) is 5.88 Å². The van der Waals surface area contributed by atoms with Crippen molar-refractivity contribution in [2.24, 2.45) is 0 Å². The molecule has 0 spiro atoms. The quantitative estimate of drug-likeness (QED) is 0.800. The van der Waals surface area contributed by atoms with Gasteiger partial charge in [0.2, 0.25) is 11.6 Å². The number of nitriles is 1. The molecule has 1 aromatic carbocycles. The molecule has 1 N–H and O–H groups in total. The number of benzene rings is 1. The number of hydrogen-bond acceptors (Lipinski definition) is 7. The zero-order chi connectivity index (χ0) is 19.8. The van der Waals surface area contributed by atoms with E-state index in [-0.39, 0.29) is 36.7 Å². The van der Waals surface area contributed by atoms with Gasteiger partial charge >= 0.3 is 6.09 Å². The van der Waals surface area contributed by atoms with Crippen LogP contribution in [0.3, 0.4) is 0 Å². The van der Waals surface area contributed by atoms with Crippen molar-refractivity contribution in [2.75, 3.05) is 19.6 Å². The molecule has 0 radical (unpaired) electrons. The van der Waals surface area contributed by atoms with Gasteiger partial charge in [-0.2, -0.15) is 5.26 Å². The van der Waals surface area contributed by atoms with Crippen molar-refractivity contribution < 1.29 is 19.1 Å². The molecule has 0 aliphatic carbocycles. The molecular formula is C19H19N5O4. The fourth-order valence-electron chi connectivity index (χ4n) is 2.73. The monoisotopic (exact) mass is 381 g/mol. The second-order valence-corrected chi connectivity index (χ2v) is 6.11. The van der Waals surface area contributed by atoms with E-state index in [1.807, 2.05) is 36.4 Å². The van der Waals surface area contributed by atoms with Crippen LogP contribution in [0.4, 0.5) is 4.79 Å². The molecule has 2 heterocycles. The number of carbonyl (C=O) groups is 2. The molecule has 1 atom stereocenters. The fraction of sp³-hybridized carbons (Fsp3) is 0.316. The molecular weight excluding hydrogens is 362 g/mol. The molecule has 144 valence electrons. The van der Waals surface area contributed by atoms with Crippen molar-refractivity contribution in [1.29, 1.82) is 5.26 Å². The van der Waals surface area contributed by atoms with E-state index in [0.717, 1.165) is 5.56 Å². The Morgan fingerprint density at radius 1 is 1.25 bits per heavy atom. The summed E-state index contributed by atoms with van der Waals surface area (Å²) in [6.45, 7) is 0.822. The van der Waals surface area contributed by atoms with Crippen LogP contribution in [0, 0.1) is 11.3 Å². The maximum atomic E-state index is 12.3. The van der Waals surface area contributed by atoms with E-state index in [1.54, 1.807) is 4.90 Å². The predicted molar refractivity (Wildman–Crippen MR) is 97.0 cm³/mol. The summed E-state index contributed by atoms with van der Waals surface area (Å²) >= 11 is 0. The van der Waals surface area contributed by atoms with Crippen LogP contribution in [0.15, 0.2) is 42.7 Å². The van der Waals surface area contributed by atoms with Crippen LogP contribution < -0.4 is 10.1 Å². The Hall–Kier alpha value is -3.67. The highest BCUT2D eigenvalue weighted by Gasteiger charge is 2.28. The lowest BCUT2D eigenvalue weighted by Gasteiger charge is -2.17. The molecule has 1 aliphatic rings. The fourth-order valence-corrected chi connectivity index (χ4v) is 2.73. The molecule has 1 saturated heterocycles. The topological polar surface area (TPSA) is 117 Å². The van der Waals surface area contributed by atoms with Gasteiger partial charge in [0.1, 0.15) is 25.3 Å². The summed E-state index contributed by atoms with van der Waals surface area (Å²) in [6, 6.07) is 11.2. The summed E-state index contributed by atoms with van der Waals surface area (Å²) in [7, 11) is 0. The van der Waals surface area contributed by atoms with Gasteiger partial charge in [0, 0.05) is 25.4 Å². The molecule has 1 aliphatic heterocycles. The van der Waals surface area contributed by atoms with Crippen LogP contribution in [0.25, 0.3) is 0 Å². The first-order valence-corrected chi connectivity index (χ1v) is 8.76. The van der Waals surface area contributed by atoms with Gasteiger partial charge in [0.25, 0.3) is 5.88 Å². The molecule has 28 heavy (non-hydrogen) atoms. The summed E-state index contributed by atoms with van der Waals surface area (Å²) in [6.07, 6.45) is 2.53. The van der Waals surface area contributed by atoms with Gasteiger partial charge in [-0.15, -0.1) is 0 Å². The first-order valence-electron chi connectivity index (χ1n) is 8.76. The molecule has 1 unspecified atom stereocenters. The third-order valence-electron chi connectivity index (χ3n) is 4.14. The third kappa shape index (κ3) is 5.17. The van der Waals surface area contributed by atoms with Crippen LogP contribution in [-0.4, -0.2) is 52.6 Å². The van der Waals surface area contributed by atoms with E-state index in [9.17, 15) is 9.59 Å². The van der Waals surface area contributed by atoms with Crippen LogP contribution in [0.1, 0.15) is 17.7 Å². The Kier molecular flexibility index (Phi) is 6.36. The van der Waals surface area contributed by atoms with Crippen molar-refractivity contribution in [1.82, 2.24) is 20.2 Å². The van der Waals surface area contributed by atoms with E-state index in [0.29, 0.717) is 19.5 Å². The number of rotatable bonds is 6. The van der Waals surface area contributed by atoms with Crippen molar-refractivity contribution in [3.8, 4) is 11.9 Å². The normalized spacial score (nSPS) is 15.5. The van der Waals surface area contributed by atoms with E-state index in [2.05, 4.69) is 15.3 Å². The lowest BCUT2D eigenvalue weighted by molar-refractivity contribution is -0.129. The van der Waals surface area contributed by atoms with Gasteiger partial charge in [0.15, 0.2) is 0 Å². The number of likely N-dealkylation sites (tertiary alicyclic amines) is 1. The van der Waals surface area contributed by atoms with E-state index in [4.69, 9.17) is 14.7 Å². The van der Waals surface area contributed by atoms with Gasteiger partial charge in [-0.3, -0.25) is 4.79 Å². The van der Waals surface area contributed by atoms with Gasteiger partial charge < -0.3 is 19.7 Å². The van der Waals surface area contributed by atoms with E-state index in [1.165, 1.54) is 12.4 Å². The Bertz CT molecular complexity index is 868. The molecule has 9 heteroatoms. The van der Waals surface area contributed by atoms with Gasteiger partial charge in [-0.05, 0) is 5.56 Å². The van der Waals surface area contributed by atoms with Crippen LogP contribution in [-0.2, 0) is 16.1 Å². The summed E-state index contributed by atoms with van der Waals surface area (Å²) < 4.78 is 10.8. The summed E-state index contributed by atoms with van der Waals surface area (Å²) in [5, 5.41) is 11.5. The Balaban J connectivity index is 1.41. The molecule has 9 nitrogen and oxygen atoms in total. The molecule has 3 rings (SSSR count). The van der Waals surface area contributed by atoms with Gasteiger partial charge in [0.05, 0.1) is 6.54 Å². The standard InChI is InChI=1S/C19H19N5O4/c20-10-16-18(22-8-7-21-16)28-15-6-9-24(12-15)17(25)11-23-19(26)27-13-14-4-2-1-3-5-14/h1-5,7-8,15H,6,9,11-13H2,(H,23,26). The second-order valence-electron chi connectivity index (χ2n) is 6.11. The SMILES string of the molecule is N#Cc1nccnc1OC1CCN(C(=O)CNC(=O)OCc2ccccc2)C1. The molecule has 0 bridgehead atoms. The van der Waals surface area contributed by atoms with E-state index >= 15 is 0 Å². The lowest BCUT2D eigenvalue weighted by atomic mass is 10.2. The minimum absolute atomic E-state index is 0.107. The number of ether oxygens (including phenoxy) is 2. The number of carbonyl (C=O) groups excluding carboxylic acids is 2. The van der Waals surface area contributed by atoms with Crippen molar-refractivity contribution >= 4 is 12.0 Å². The highest BCUT2D eigenvalue weighted by atomic mass is 16.5. The van der Waals surface area contributed by atoms with Crippen molar-refractivity contribution in [2.45, 2.75) is 19.1 Å². The van der Waals surface area contributed by atoms with E-state index < -0.39 is 6.09 Å². The third-order valence-corrected chi connectivity index (χ3v) is 4.14. The molecule has 1 fully saturated rings. The summed E-state index contributed by atoms with van der Waals surface area (Å²) in [4.78, 5) is 33.5. The number of nitrogens with zero attached hydrogens (tertiary/aromatic N) is 4. The maximum absolute atomic E-state index is 12.3. The lowest BCUT2D eigenvalue weighted by Crippen LogP contribution is -2.40. The molecule has 2 aromatic rings. The maximum Gasteiger partial charge on any atom is 0.407 e. The zero-order valence-corrected chi connectivity index (χ0v) is 15.1. The predicted octanol–water partition coefficient (Wildman–Crippen LogP) is 1.25. The zero-order valence-electron chi connectivity index (χ0n) is 15.1. The molecule has 1 aromatic heterocycles. The van der Waals surface area contributed by atoms with Crippen molar-refractivity contribution in [3.63, 3.8) is 0 Å². The van der Waals surface area contributed by atoms with Crippen molar-refractivity contribution in [3.05, 3.63) is 54.0 Å². The smallest absolute Gasteiger partial charge is 0.407 e. The summed E-state index contributed by atoms with van der Waals surface area (Å²) in [5.41, 5.74) is 0.972. The second kappa shape index (κ2) is 9.32. The summed E-state index contributed by atoms with van der Waals surface area (Å²) in [5.74, 6) is -0.0747. The number of nitrogens with one attached hydrogen (secondary N) is 1. The number of amides is 2. The average molecular weight is 381 g/mol. The van der Waals surface area contributed by atoms with Gasteiger partial charge in [-0.25, -0.2) is 14.8 Å². The first-order chi connectivity index (χ1) is 13.7. The molecule has 2 amide bonds. The number of hydrogen-bond donors (Lipinski definition) is 1. The van der Waals surface area contributed by atoms with Crippen LogP contribution >= 0.6 is 0 Å². The Morgan fingerprint density at radius 2 is 2.04 bits per heavy atom. The Labute approximate surface area is 161 Å². The highest BCUT2D eigenvalue weighted by Crippen LogP contribution is 2.18. The minimum Gasteiger partial charge on any atom is -0.470 e. The van der Waals surface area contributed by atoms with Crippen LogP contribution in [0.2, 0.25) is 0 Å². The highest BCUT2D eigenvalue weighted by molar-refractivity contribution is 5.82. The minimum atomic E-state index is -0.651. The van der Waals surface area contributed by atoms with Gasteiger partial charge in [-0.1, -0.05) is 30.3 Å². The number of aromatic nitrogens is 2. The Morgan fingerprint density at radius 3 is 2.82 bits per heavy atom. The number of alkyl carbamates (subject to hydrolysis) is 1. The molecule has 0 saturated carbocycles. The first kappa shape index (κ1) is 19.1. The largest absolute Gasteiger partial charge is 0.470 e.